The zero-order chi connectivity index (χ0) is 25.5. The van der Waals surface area contributed by atoms with Crippen LogP contribution in [0.1, 0.15) is 52.4 Å². The van der Waals surface area contributed by atoms with Crippen molar-refractivity contribution < 1.29 is 32.3 Å². The molecule has 2 aromatic carbocycles. The summed E-state index contributed by atoms with van der Waals surface area (Å²) in [5.41, 5.74) is 0.0996. The van der Waals surface area contributed by atoms with Crippen molar-refractivity contribution in [2.45, 2.75) is 31.5 Å². The molecule has 35 heavy (non-hydrogen) atoms. The largest absolute Gasteiger partial charge is 0.465 e. The van der Waals surface area contributed by atoms with Crippen LogP contribution in [-0.4, -0.2) is 36.8 Å². The number of nitriles is 1. The van der Waals surface area contributed by atoms with Gasteiger partial charge < -0.3 is 9.64 Å². The number of alkyl halides is 3. The number of esters is 1. The van der Waals surface area contributed by atoms with Gasteiger partial charge in [-0.3, -0.25) is 9.69 Å². The molecule has 0 N–H and O–H groups in total. The van der Waals surface area contributed by atoms with Crippen molar-refractivity contribution in [3.8, 4) is 6.07 Å². The summed E-state index contributed by atoms with van der Waals surface area (Å²) in [5.74, 6) is -1.02. The molecular weight excluding hydrogens is 463 g/mol. The van der Waals surface area contributed by atoms with E-state index in [2.05, 4.69) is 0 Å². The fourth-order valence-corrected chi connectivity index (χ4v) is 4.57. The number of likely N-dealkylation sites (N-methyl/N-ethyl adjacent to an activating group) is 1. The third-order valence-corrected chi connectivity index (χ3v) is 6.17. The van der Waals surface area contributed by atoms with Crippen LogP contribution in [0.3, 0.4) is 0 Å². The number of hydrogen-bond donors (Lipinski definition) is 0. The number of rotatable bonds is 3. The number of allylic oxidation sites excluding steroid dienone is 1. The van der Waals surface area contributed by atoms with Gasteiger partial charge in [0.2, 0.25) is 0 Å². The topological polar surface area (TPSA) is 90.7 Å². The molecule has 4 rings (SSSR count). The van der Waals surface area contributed by atoms with Gasteiger partial charge in [-0.25, -0.2) is 9.59 Å². The van der Waals surface area contributed by atoms with Crippen LogP contribution in [0.15, 0.2) is 53.7 Å². The number of nitrogens with zero attached hydrogens (tertiary/aromatic N) is 3. The van der Waals surface area contributed by atoms with Crippen molar-refractivity contribution in [1.29, 1.82) is 5.26 Å². The van der Waals surface area contributed by atoms with Crippen LogP contribution >= 0.6 is 0 Å². The molecular formula is C25H20F3N3O4. The van der Waals surface area contributed by atoms with Crippen molar-refractivity contribution in [3.05, 3.63) is 76.0 Å². The molecule has 0 saturated carbocycles. The lowest BCUT2D eigenvalue weighted by Gasteiger charge is -2.44. The van der Waals surface area contributed by atoms with E-state index in [1.54, 1.807) is 0 Å². The molecule has 10 heteroatoms. The molecule has 1 aliphatic carbocycles. The van der Waals surface area contributed by atoms with Gasteiger partial charge in [0.05, 0.1) is 41.6 Å². The molecule has 1 unspecified atom stereocenters. The van der Waals surface area contributed by atoms with Gasteiger partial charge in [-0.1, -0.05) is 12.1 Å². The van der Waals surface area contributed by atoms with E-state index in [1.165, 1.54) is 49.4 Å². The molecule has 0 saturated heterocycles. The number of halogens is 3. The highest BCUT2D eigenvalue weighted by Crippen LogP contribution is 2.45. The Labute approximate surface area is 199 Å². The van der Waals surface area contributed by atoms with Gasteiger partial charge in [-0.2, -0.15) is 18.4 Å². The van der Waals surface area contributed by atoms with E-state index in [0.717, 1.165) is 17.0 Å². The number of methoxy groups -OCH3 is 1. The van der Waals surface area contributed by atoms with Gasteiger partial charge in [0.25, 0.3) is 0 Å². The Kier molecular flexibility index (Phi) is 6.11. The molecule has 1 atom stereocenters. The minimum atomic E-state index is -4.61. The first-order valence-electron chi connectivity index (χ1n) is 10.7. The fraction of sp³-hybridized carbons (Fsp3) is 0.280. The smallest absolute Gasteiger partial charge is 0.416 e. The van der Waals surface area contributed by atoms with Crippen molar-refractivity contribution in [3.63, 3.8) is 0 Å². The molecule has 2 aromatic rings. The second-order valence-electron chi connectivity index (χ2n) is 8.22. The van der Waals surface area contributed by atoms with E-state index in [0.29, 0.717) is 12.1 Å². The average Bonchev–Trinajstić information content (AvgIpc) is 2.84. The Bertz CT molecular complexity index is 1310. The monoisotopic (exact) mass is 483 g/mol. The summed E-state index contributed by atoms with van der Waals surface area (Å²) in [5, 5.41) is 9.26. The number of anilines is 1. The molecule has 0 spiro atoms. The number of carbonyl (C=O) groups excluding carboxylic acids is 3. The van der Waals surface area contributed by atoms with Crippen molar-refractivity contribution in [2.24, 2.45) is 0 Å². The second-order valence-corrected chi connectivity index (χ2v) is 8.22. The molecule has 2 aliphatic rings. The molecule has 1 aliphatic heterocycles. The predicted molar refractivity (Wildman–Crippen MR) is 118 cm³/mol. The Morgan fingerprint density at radius 2 is 1.89 bits per heavy atom. The number of Topliss-reactive ketones (excluding diaryl/α,β-unsaturated/α-hetero) is 1. The Hall–Kier alpha value is -4.13. The van der Waals surface area contributed by atoms with Crippen LogP contribution in [0.5, 0.6) is 0 Å². The van der Waals surface area contributed by atoms with Crippen molar-refractivity contribution in [1.82, 2.24) is 4.90 Å². The van der Waals surface area contributed by atoms with Crippen molar-refractivity contribution >= 4 is 23.5 Å². The first-order valence-corrected chi connectivity index (χ1v) is 10.7. The summed E-state index contributed by atoms with van der Waals surface area (Å²) < 4.78 is 44.9. The third kappa shape index (κ3) is 4.14. The van der Waals surface area contributed by atoms with Crippen LogP contribution in [0.4, 0.5) is 23.7 Å². The van der Waals surface area contributed by atoms with E-state index in [4.69, 9.17) is 4.74 Å². The maximum Gasteiger partial charge on any atom is 0.416 e. The fourth-order valence-electron chi connectivity index (χ4n) is 4.57. The molecule has 2 amide bonds. The number of carbonyl (C=O) groups is 3. The quantitative estimate of drug-likeness (QED) is 0.574. The molecule has 1 heterocycles. The lowest BCUT2D eigenvalue weighted by molar-refractivity contribution is -0.137. The summed E-state index contributed by atoms with van der Waals surface area (Å²) in [7, 11) is 2.59. The third-order valence-electron chi connectivity index (χ3n) is 6.17. The summed E-state index contributed by atoms with van der Waals surface area (Å²) in [6, 6.07) is 8.96. The number of amides is 2. The number of hydrogen-bond acceptors (Lipinski definition) is 5. The van der Waals surface area contributed by atoms with Gasteiger partial charge >= 0.3 is 18.2 Å². The predicted octanol–water partition coefficient (Wildman–Crippen LogP) is 4.98. The van der Waals surface area contributed by atoms with Gasteiger partial charge in [-0.05, 0) is 48.7 Å². The Balaban J connectivity index is 1.95. The molecule has 0 fully saturated rings. The second kappa shape index (κ2) is 8.91. The maximum atomic E-state index is 13.6. The minimum Gasteiger partial charge on any atom is -0.465 e. The van der Waals surface area contributed by atoms with Gasteiger partial charge in [0, 0.05) is 24.7 Å². The van der Waals surface area contributed by atoms with Crippen LogP contribution < -0.4 is 4.90 Å². The van der Waals surface area contributed by atoms with E-state index in [-0.39, 0.29) is 46.6 Å². The van der Waals surface area contributed by atoms with Gasteiger partial charge in [0.15, 0.2) is 5.78 Å². The van der Waals surface area contributed by atoms with E-state index in [1.807, 2.05) is 6.07 Å². The number of ketones is 1. The lowest BCUT2D eigenvalue weighted by Crippen LogP contribution is -2.50. The molecule has 0 bridgehead atoms. The minimum absolute atomic E-state index is 0.00894. The number of urea groups is 1. The zero-order valence-corrected chi connectivity index (χ0v) is 18.8. The first kappa shape index (κ1) is 24.0. The zero-order valence-electron chi connectivity index (χ0n) is 18.8. The summed E-state index contributed by atoms with van der Waals surface area (Å²) >= 11 is 0. The standard InChI is InChI=1S/C25H20F3N3O4/c1-30-22(17-10-9-14(13-29)11-18(17)23(33)35-2)21-19(7-4-8-20(21)32)31(24(30)34)16-6-3-5-15(12-16)25(26,27)28/h3,5-6,9-12,22H,4,7-8H2,1-2H3. The van der Waals surface area contributed by atoms with E-state index < -0.39 is 29.8 Å². The average molecular weight is 483 g/mol. The Morgan fingerprint density at radius 1 is 1.14 bits per heavy atom. The van der Waals surface area contributed by atoms with E-state index >= 15 is 0 Å². The summed E-state index contributed by atoms with van der Waals surface area (Å²) in [6.45, 7) is 0. The molecule has 180 valence electrons. The lowest BCUT2D eigenvalue weighted by atomic mass is 9.82. The van der Waals surface area contributed by atoms with Crippen molar-refractivity contribution in [2.75, 3.05) is 19.1 Å². The molecule has 0 radical (unpaired) electrons. The van der Waals surface area contributed by atoms with Crippen LogP contribution in [0.25, 0.3) is 0 Å². The Morgan fingerprint density at radius 3 is 2.54 bits per heavy atom. The highest BCUT2D eigenvalue weighted by Gasteiger charge is 2.44. The van der Waals surface area contributed by atoms with E-state index in [9.17, 15) is 32.8 Å². The normalized spacial score (nSPS) is 18.3. The van der Waals surface area contributed by atoms with Gasteiger partial charge in [0.1, 0.15) is 0 Å². The highest BCUT2D eigenvalue weighted by atomic mass is 19.4. The summed E-state index contributed by atoms with van der Waals surface area (Å²) in [4.78, 5) is 41.6. The number of ether oxygens (including phenoxy) is 1. The van der Waals surface area contributed by atoms with Gasteiger partial charge in [-0.15, -0.1) is 0 Å². The summed E-state index contributed by atoms with van der Waals surface area (Å²) in [6.07, 6.45) is -3.70. The van der Waals surface area contributed by atoms with Crippen LogP contribution in [0.2, 0.25) is 0 Å². The number of benzene rings is 2. The molecule has 7 nitrogen and oxygen atoms in total. The van der Waals surface area contributed by atoms with Crippen LogP contribution in [0, 0.1) is 11.3 Å². The maximum absolute atomic E-state index is 13.6. The highest BCUT2D eigenvalue weighted by molar-refractivity contribution is 6.07. The first-order chi connectivity index (χ1) is 16.6. The SMILES string of the molecule is COC(=O)c1cc(C#N)ccc1C1C2=C(CCCC2=O)N(c2cccc(C(F)(F)F)c2)C(=O)N1C. The van der Waals surface area contributed by atoms with Crippen LogP contribution in [-0.2, 0) is 15.7 Å². The molecule has 0 aromatic heterocycles.